The minimum absolute atomic E-state index is 0.331. The molecule has 0 unspecified atom stereocenters. The number of methoxy groups -OCH3 is 1. The molecule has 0 spiro atoms. The van der Waals surface area contributed by atoms with Crippen molar-refractivity contribution in [2.24, 2.45) is 0 Å². The van der Waals surface area contributed by atoms with E-state index < -0.39 is 0 Å². The third-order valence-corrected chi connectivity index (χ3v) is 3.27. The summed E-state index contributed by atoms with van der Waals surface area (Å²) in [6.45, 7) is 7.24. The number of rotatable bonds is 8. The molecule has 1 aromatic rings. The molecule has 1 aliphatic heterocycles. The number of likely N-dealkylation sites (tertiary alicyclic amines) is 1. The first-order chi connectivity index (χ1) is 9.81. The second kappa shape index (κ2) is 7.84. The second-order valence-electron chi connectivity index (χ2n) is 4.83. The summed E-state index contributed by atoms with van der Waals surface area (Å²) in [7, 11) is 1.56. The largest absolute Gasteiger partial charge is 0.467 e. The van der Waals surface area contributed by atoms with Crippen LogP contribution in [0.15, 0.2) is 0 Å². The van der Waals surface area contributed by atoms with Crippen LogP contribution in [-0.2, 0) is 0 Å². The molecule has 1 saturated heterocycles. The average molecular weight is 280 g/mol. The number of nitrogens with zero attached hydrogens (tertiary/aromatic N) is 4. The van der Waals surface area contributed by atoms with Gasteiger partial charge < -0.3 is 20.3 Å². The van der Waals surface area contributed by atoms with Crippen molar-refractivity contribution in [2.45, 2.75) is 26.2 Å². The van der Waals surface area contributed by atoms with Crippen LogP contribution >= 0.6 is 0 Å². The molecule has 1 aliphatic rings. The molecule has 0 saturated carbocycles. The first kappa shape index (κ1) is 14.8. The lowest BCUT2D eigenvalue weighted by Crippen LogP contribution is -2.22. The fourth-order valence-electron chi connectivity index (χ4n) is 2.27. The van der Waals surface area contributed by atoms with Crippen LogP contribution in [-0.4, -0.2) is 59.7 Å². The molecule has 0 aliphatic carbocycles. The molecule has 2 rings (SSSR count). The van der Waals surface area contributed by atoms with Gasteiger partial charge in [0.1, 0.15) is 0 Å². The normalized spacial score (nSPS) is 15.3. The Hall–Kier alpha value is -1.63. The zero-order valence-corrected chi connectivity index (χ0v) is 12.4. The molecular formula is C13H24N6O. The van der Waals surface area contributed by atoms with Crippen molar-refractivity contribution < 1.29 is 4.74 Å². The van der Waals surface area contributed by atoms with Crippen molar-refractivity contribution in [3.63, 3.8) is 0 Å². The maximum absolute atomic E-state index is 5.08. The highest BCUT2D eigenvalue weighted by Gasteiger charge is 2.10. The summed E-state index contributed by atoms with van der Waals surface area (Å²) < 4.78 is 5.08. The second-order valence-corrected chi connectivity index (χ2v) is 4.83. The number of aromatic nitrogens is 3. The van der Waals surface area contributed by atoms with Gasteiger partial charge in [-0.1, -0.05) is 0 Å². The lowest BCUT2D eigenvalue weighted by atomic mass is 10.4. The highest BCUT2D eigenvalue weighted by Crippen LogP contribution is 2.11. The molecule has 0 bridgehead atoms. The zero-order chi connectivity index (χ0) is 14.2. The van der Waals surface area contributed by atoms with Gasteiger partial charge in [-0.15, -0.1) is 0 Å². The van der Waals surface area contributed by atoms with Gasteiger partial charge in [0.05, 0.1) is 7.11 Å². The number of nitrogens with one attached hydrogen (secondary N) is 2. The molecule has 1 aromatic heterocycles. The van der Waals surface area contributed by atoms with E-state index in [1.54, 1.807) is 7.11 Å². The molecule has 1 fully saturated rings. The fourth-order valence-corrected chi connectivity index (χ4v) is 2.27. The molecular weight excluding hydrogens is 256 g/mol. The predicted octanol–water partition coefficient (Wildman–Crippen LogP) is 1.21. The zero-order valence-electron chi connectivity index (χ0n) is 12.4. The van der Waals surface area contributed by atoms with Gasteiger partial charge in [-0.2, -0.15) is 15.0 Å². The van der Waals surface area contributed by atoms with Crippen molar-refractivity contribution in [3.8, 4) is 6.01 Å². The summed E-state index contributed by atoms with van der Waals surface area (Å²) in [5.74, 6) is 1.11. The fraction of sp³-hybridized carbons (Fsp3) is 0.769. The Balaban J connectivity index is 1.79. The number of ether oxygens (including phenoxy) is 1. The van der Waals surface area contributed by atoms with Crippen LogP contribution < -0.4 is 15.4 Å². The van der Waals surface area contributed by atoms with E-state index in [0.717, 1.165) is 26.1 Å². The van der Waals surface area contributed by atoms with E-state index in [0.29, 0.717) is 17.9 Å². The topological polar surface area (TPSA) is 75.2 Å². The van der Waals surface area contributed by atoms with Crippen molar-refractivity contribution in [2.75, 3.05) is 50.5 Å². The molecule has 0 radical (unpaired) electrons. The molecule has 0 amide bonds. The molecule has 20 heavy (non-hydrogen) atoms. The lowest BCUT2D eigenvalue weighted by Gasteiger charge is -2.14. The Kier molecular flexibility index (Phi) is 5.79. The first-order valence-electron chi connectivity index (χ1n) is 7.32. The summed E-state index contributed by atoms with van der Waals surface area (Å²) in [4.78, 5) is 15.1. The predicted molar refractivity (Wildman–Crippen MR) is 79.3 cm³/mol. The highest BCUT2D eigenvalue weighted by molar-refractivity contribution is 5.35. The van der Waals surface area contributed by atoms with E-state index >= 15 is 0 Å². The molecule has 0 atom stereocenters. The van der Waals surface area contributed by atoms with Crippen molar-refractivity contribution in [1.82, 2.24) is 19.9 Å². The van der Waals surface area contributed by atoms with Crippen LogP contribution in [0.5, 0.6) is 6.01 Å². The summed E-state index contributed by atoms with van der Waals surface area (Å²) in [5, 5.41) is 6.30. The van der Waals surface area contributed by atoms with Crippen LogP contribution in [0.2, 0.25) is 0 Å². The third-order valence-electron chi connectivity index (χ3n) is 3.27. The van der Waals surface area contributed by atoms with Gasteiger partial charge in [0, 0.05) is 13.1 Å². The van der Waals surface area contributed by atoms with E-state index in [1.165, 1.54) is 25.9 Å². The monoisotopic (exact) mass is 280 g/mol. The molecule has 7 nitrogen and oxygen atoms in total. The van der Waals surface area contributed by atoms with Gasteiger partial charge in [0.15, 0.2) is 0 Å². The van der Waals surface area contributed by atoms with Gasteiger partial charge in [-0.05, 0) is 45.8 Å². The molecule has 112 valence electrons. The van der Waals surface area contributed by atoms with Gasteiger partial charge in [-0.25, -0.2) is 0 Å². The third kappa shape index (κ3) is 4.48. The van der Waals surface area contributed by atoms with Crippen molar-refractivity contribution in [1.29, 1.82) is 0 Å². The Morgan fingerprint density at radius 1 is 1.10 bits per heavy atom. The maximum Gasteiger partial charge on any atom is 0.322 e. The number of hydrogen-bond acceptors (Lipinski definition) is 7. The first-order valence-corrected chi connectivity index (χ1v) is 7.32. The minimum atomic E-state index is 0.331. The van der Waals surface area contributed by atoms with Crippen LogP contribution in [0.3, 0.4) is 0 Å². The molecule has 2 heterocycles. The van der Waals surface area contributed by atoms with E-state index in [4.69, 9.17) is 4.74 Å². The van der Waals surface area contributed by atoms with Gasteiger partial charge in [0.25, 0.3) is 0 Å². The van der Waals surface area contributed by atoms with Gasteiger partial charge >= 0.3 is 6.01 Å². The van der Waals surface area contributed by atoms with Crippen LogP contribution in [0.1, 0.15) is 26.2 Å². The van der Waals surface area contributed by atoms with E-state index in [1.807, 2.05) is 6.92 Å². The van der Waals surface area contributed by atoms with Crippen LogP contribution in [0, 0.1) is 0 Å². The number of hydrogen-bond donors (Lipinski definition) is 2. The average Bonchev–Trinajstić information content (AvgIpc) is 2.97. The standard InChI is InChI=1S/C13H24N6O/c1-3-14-11-16-12(18-13(17-11)20-2)15-7-6-10-19-8-4-5-9-19/h3-10H2,1-2H3,(H2,14,15,16,17,18). The van der Waals surface area contributed by atoms with E-state index in [9.17, 15) is 0 Å². The summed E-state index contributed by atoms with van der Waals surface area (Å²) in [6.07, 6.45) is 3.76. The Bertz CT molecular complexity index is 408. The maximum atomic E-state index is 5.08. The van der Waals surface area contributed by atoms with Gasteiger partial charge in [-0.3, -0.25) is 0 Å². The Labute approximate surface area is 120 Å². The lowest BCUT2D eigenvalue weighted by molar-refractivity contribution is 0.337. The Morgan fingerprint density at radius 2 is 1.80 bits per heavy atom. The number of anilines is 2. The van der Waals surface area contributed by atoms with E-state index in [2.05, 4.69) is 30.5 Å². The summed E-state index contributed by atoms with van der Waals surface area (Å²) >= 11 is 0. The molecule has 2 N–H and O–H groups in total. The summed E-state index contributed by atoms with van der Waals surface area (Å²) in [5.41, 5.74) is 0. The molecule has 7 heteroatoms. The van der Waals surface area contributed by atoms with Crippen LogP contribution in [0.4, 0.5) is 11.9 Å². The van der Waals surface area contributed by atoms with Crippen molar-refractivity contribution in [3.05, 3.63) is 0 Å². The SMILES string of the molecule is CCNc1nc(NCCCN2CCCC2)nc(OC)n1. The van der Waals surface area contributed by atoms with Gasteiger partial charge in [0.2, 0.25) is 11.9 Å². The highest BCUT2D eigenvalue weighted by atomic mass is 16.5. The van der Waals surface area contributed by atoms with Crippen molar-refractivity contribution >= 4 is 11.9 Å². The Morgan fingerprint density at radius 3 is 2.45 bits per heavy atom. The summed E-state index contributed by atoms with van der Waals surface area (Å²) in [6, 6.07) is 0.331. The van der Waals surface area contributed by atoms with E-state index in [-0.39, 0.29) is 0 Å². The minimum Gasteiger partial charge on any atom is -0.467 e. The smallest absolute Gasteiger partial charge is 0.322 e. The quantitative estimate of drug-likeness (QED) is 0.693. The van der Waals surface area contributed by atoms with Crippen LogP contribution in [0.25, 0.3) is 0 Å². The molecule has 0 aromatic carbocycles.